The summed E-state index contributed by atoms with van der Waals surface area (Å²) in [5.41, 5.74) is 0.615. The molecule has 126 valence electrons. The quantitative estimate of drug-likeness (QED) is 0.819. The van der Waals surface area contributed by atoms with E-state index < -0.39 is 30.2 Å². The van der Waals surface area contributed by atoms with Gasteiger partial charge in [0.05, 0.1) is 10.0 Å². The summed E-state index contributed by atoms with van der Waals surface area (Å²) in [4.78, 5) is 23.2. The number of rotatable bonds is 6. The molecule has 0 spiro atoms. The monoisotopic (exact) mass is 369 g/mol. The van der Waals surface area contributed by atoms with Gasteiger partial charge in [-0.05, 0) is 36.4 Å². The van der Waals surface area contributed by atoms with Crippen LogP contribution in [0, 0.1) is 5.82 Å². The van der Waals surface area contributed by atoms with Crippen LogP contribution in [0.4, 0.5) is 15.8 Å². The minimum atomic E-state index is -1.42. The van der Waals surface area contributed by atoms with Crippen molar-refractivity contribution in [3.8, 4) is 0 Å². The van der Waals surface area contributed by atoms with E-state index in [1.165, 1.54) is 36.4 Å². The van der Waals surface area contributed by atoms with E-state index in [9.17, 15) is 19.1 Å². The molecular weight excluding hydrogens is 358 g/mol. The van der Waals surface area contributed by atoms with Gasteiger partial charge < -0.3 is 20.5 Å². The van der Waals surface area contributed by atoms with Gasteiger partial charge in [-0.25, -0.2) is 4.39 Å². The largest absolute Gasteiger partial charge is 0.550 e. The molecule has 5 nitrogen and oxygen atoms in total. The number of amides is 1. The van der Waals surface area contributed by atoms with Gasteiger partial charge in [-0.1, -0.05) is 29.3 Å². The van der Waals surface area contributed by atoms with E-state index in [0.29, 0.717) is 10.7 Å². The number of aliphatic carboxylic acids is 1. The fourth-order valence-corrected chi connectivity index (χ4v) is 2.26. The van der Waals surface area contributed by atoms with Crippen LogP contribution in [-0.4, -0.2) is 17.9 Å². The maximum Gasteiger partial charge on any atom is 0.247 e. The minimum Gasteiger partial charge on any atom is -0.550 e. The summed E-state index contributed by atoms with van der Waals surface area (Å²) in [7, 11) is 0. The van der Waals surface area contributed by atoms with Gasteiger partial charge in [-0.3, -0.25) is 4.79 Å². The highest BCUT2D eigenvalue weighted by Crippen LogP contribution is 2.25. The SMILES string of the molecule is O=C([O-])C[C@@H](Nc1cccc(F)c1)C(=O)Nc1ccc(Cl)c(Cl)c1. The first kappa shape index (κ1) is 18.0. The molecule has 0 fully saturated rings. The van der Waals surface area contributed by atoms with Gasteiger partial charge in [0.1, 0.15) is 11.9 Å². The zero-order chi connectivity index (χ0) is 17.7. The zero-order valence-electron chi connectivity index (χ0n) is 12.2. The number of benzene rings is 2. The molecule has 0 radical (unpaired) electrons. The summed E-state index contributed by atoms with van der Waals surface area (Å²) >= 11 is 11.7. The van der Waals surface area contributed by atoms with Crippen molar-refractivity contribution in [1.82, 2.24) is 0 Å². The first-order valence-corrected chi connectivity index (χ1v) is 7.58. The number of carboxylic acid groups (broad SMARTS) is 1. The van der Waals surface area contributed by atoms with Gasteiger partial charge in [-0.15, -0.1) is 0 Å². The highest BCUT2D eigenvalue weighted by molar-refractivity contribution is 6.42. The Bertz CT molecular complexity index is 771. The number of carbonyl (C=O) groups excluding carboxylic acids is 2. The lowest BCUT2D eigenvalue weighted by Gasteiger charge is -2.20. The third-order valence-electron chi connectivity index (χ3n) is 3.04. The fraction of sp³-hybridized carbons (Fsp3) is 0.125. The molecule has 1 amide bonds. The Kier molecular flexibility index (Phi) is 6.00. The number of hydrogen-bond donors (Lipinski definition) is 2. The van der Waals surface area contributed by atoms with Gasteiger partial charge in [-0.2, -0.15) is 0 Å². The van der Waals surface area contributed by atoms with Gasteiger partial charge in [0.25, 0.3) is 0 Å². The molecule has 24 heavy (non-hydrogen) atoms. The van der Waals surface area contributed by atoms with Crippen LogP contribution in [-0.2, 0) is 9.59 Å². The standard InChI is InChI=1S/C16H13Cl2FN2O3/c17-12-5-4-11(7-13(12)18)21-16(24)14(8-15(22)23)20-10-3-1-2-9(19)6-10/h1-7,14,20H,8H2,(H,21,24)(H,22,23)/p-1/t14-/m1/s1. The highest BCUT2D eigenvalue weighted by Gasteiger charge is 2.19. The Morgan fingerprint density at radius 2 is 1.83 bits per heavy atom. The lowest BCUT2D eigenvalue weighted by atomic mass is 10.1. The van der Waals surface area contributed by atoms with Crippen LogP contribution >= 0.6 is 23.2 Å². The van der Waals surface area contributed by atoms with Crippen LogP contribution in [0.5, 0.6) is 0 Å². The van der Waals surface area contributed by atoms with Crippen molar-refractivity contribution in [2.75, 3.05) is 10.6 Å². The normalized spacial score (nSPS) is 11.6. The molecule has 8 heteroatoms. The van der Waals surface area contributed by atoms with Crippen LogP contribution in [0.2, 0.25) is 10.0 Å². The summed E-state index contributed by atoms with van der Waals surface area (Å²) in [6.45, 7) is 0. The molecular formula is C16H12Cl2FN2O3-. The van der Waals surface area contributed by atoms with Gasteiger partial charge >= 0.3 is 0 Å². The molecule has 0 saturated carbocycles. The molecule has 0 saturated heterocycles. The van der Waals surface area contributed by atoms with Crippen LogP contribution in [0.3, 0.4) is 0 Å². The van der Waals surface area contributed by atoms with Crippen molar-refractivity contribution in [3.63, 3.8) is 0 Å². The second-order valence-corrected chi connectivity index (χ2v) is 5.72. The maximum atomic E-state index is 13.2. The van der Waals surface area contributed by atoms with Crippen molar-refractivity contribution < 1.29 is 19.1 Å². The van der Waals surface area contributed by atoms with E-state index in [1.54, 1.807) is 0 Å². The van der Waals surface area contributed by atoms with Crippen molar-refractivity contribution in [2.45, 2.75) is 12.5 Å². The molecule has 0 aliphatic heterocycles. The summed E-state index contributed by atoms with van der Waals surface area (Å²) in [6.07, 6.45) is -0.594. The Balaban J connectivity index is 2.15. The predicted octanol–water partition coefficient (Wildman–Crippen LogP) is 2.69. The van der Waals surface area contributed by atoms with E-state index in [-0.39, 0.29) is 10.7 Å². The number of halogens is 3. The summed E-state index contributed by atoms with van der Waals surface area (Å²) in [5, 5.41) is 16.6. The van der Waals surface area contributed by atoms with Crippen LogP contribution in [0.25, 0.3) is 0 Å². The first-order valence-electron chi connectivity index (χ1n) is 6.83. The number of carbonyl (C=O) groups is 2. The summed E-state index contributed by atoms with van der Waals surface area (Å²) in [6, 6.07) is 8.61. The van der Waals surface area contributed by atoms with E-state index in [0.717, 1.165) is 6.07 Å². The maximum absolute atomic E-state index is 13.2. The van der Waals surface area contributed by atoms with Crippen LogP contribution in [0.15, 0.2) is 42.5 Å². The molecule has 0 unspecified atom stereocenters. The van der Waals surface area contributed by atoms with E-state index >= 15 is 0 Å². The van der Waals surface area contributed by atoms with Gasteiger partial charge in [0, 0.05) is 23.8 Å². The first-order chi connectivity index (χ1) is 11.3. The Hall–Kier alpha value is -2.31. The van der Waals surface area contributed by atoms with Crippen molar-refractivity contribution in [3.05, 3.63) is 58.3 Å². The van der Waals surface area contributed by atoms with Crippen molar-refractivity contribution in [2.24, 2.45) is 0 Å². The van der Waals surface area contributed by atoms with E-state index in [2.05, 4.69) is 10.6 Å². The fourth-order valence-electron chi connectivity index (χ4n) is 1.96. The van der Waals surface area contributed by atoms with Gasteiger partial charge in [0.2, 0.25) is 5.91 Å². The van der Waals surface area contributed by atoms with E-state index in [4.69, 9.17) is 23.2 Å². The molecule has 0 aliphatic carbocycles. The second-order valence-electron chi connectivity index (χ2n) is 4.90. The average molecular weight is 370 g/mol. The molecule has 0 aromatic heterocycles. The molecule has 0 heterocycles. The second kappa shape index (κ2) is 7.99. The number of hydrogen-bond acceptors (Lipinski definition) is 4. The zero-order valence-corrected chi connectivity index (χ0v) is 13.7. The lowest BCUT2D eigenvalue weighted by molar-refractivity contribution is -0.305. The summed E-state index contributed by atoms with van der Waals surface area (Å²) < 4.78 is 13.2. The number of carboxylic acids is 1. The van der Waals surface area contributed by atoms with Gasteiger partial charge in [0.15, 0.2) is 0 Å². The molecule has 2 aromatic rings. The van der Waals surface area contributed by atoms with Crippen molar-refractivity contribution in [1.29, 1.82) is 0 Å². The predicted molar refractivity (Wildman–Crippen MR) is 88.5 cm³/mol. The summed E-state index contributed by atoms with van der Waals surface area (Å²) in [5.74, 6) is -2.58. The van der Waals surface area contributed by atoms with Crippen LogP contribution < -0.4 is 15.7 Å². The van der Waals surface area contributed by atoms with Crippen LogP contribution in [0.1, 0.15) is 6.42 Å². The number of nitrogens with one attached hydrogen (secondary N) is 2. The topological polar surface area (TPSA) is 81.3 Å². The Morgan fingerprint density at radius 1 is 1.08 bits per heavy atom. The molecule has 0 aliphatic rings. The molecule has 2 N–H and O–H groups in total. The molecule has 2 aromatic carbocycles. The highest BCUT2D eigenvalue weighted by atomic mass is 35.5. The Morgan fingerprint density at radius 3 is 2.46 bits per heavy atom. The third-order valence-corrected chi connectivity index (χ3v) is 3.78. The number of anilines is 2. The average Bonchev–Trinajstić information content (AvgIpc) is 2.50. The molecule has 2 rings (SSSR count). The minimum absolute atomic E-state index is 0.240. The molecule has 0 bridgehead atoms. The van der Waals surface area contributed by atoms with E-state index in [1.807, 2.05) is 0 Å². The lowest BCUT2D eigenvalue weighted by Crippen LogP contribution is -2.40. The van der Waals surface area contributed by atoms with Crippen molar-refractivity contribution >= 4 is 46.5 Å². The molecule has 1 atom stereocenters. The smallest absolute Gasteiger partial charge is 0.247 e. The Labute approximate surface area is 147 Å². The third kappa shape index (κ3) is 5.11.